The van der Waals surface area contributed by atoms with Crippen molar-refractivity contribution in [2.24, 2.45) is 11.8 Å². The molecule has 1 aliphatic heterocycles. The molecule has 0 bridgehead atoms. The van der Waals surface area contributed by atoms with Gasteiger partial charge in [0.25, 0.3) is 0 Å². The molecule has 0 radical (unpaired) electrons. The Hall–Kier alpha value is -0.800. The minimum absolute atomic E-state index is 0.00523. The number of methoxy groups -OCH3 is 3. The Bertz CT molecular complexity index is 500. The van der Waals surface area contributed by atoms with E-state index in [-0.39, 0.29) is 49.0 Å². The summed E-state index contributed by atoms with van der Waals surface area (Å²) in [7, 11) is 6.00. The predicted molar refractivity (Wildman–Crippen MR) is 123 cm³/mol. The van der Waals surface area contributed by atoms with Gasteiger partial charge in [0, 0.05) is 46.7 Å². The molecule has 7 nitrogen and oxygen atoms in total. The molecule has 0 aromatic heterocycles. The van der Waals surface area contributed by atoms with E-state index in [2.05, 4.69) is 20.8 Å². The monoisotopic (exact) mass is 446 g/mol. The van der Waals surface area contributed by atoms with Crippen molar-refractivity contribution in [1.29, 1.82) is 0 Å². The molecular weight excluding hydrogens is 400 g/mol. The first-order chi connectivity index (χ1) is 14.8. The molecule has 8 unspecified atom stereocenters. The van der Waals surface area contributed by atoms with E-state index in [9.17, 15) is 10.2 Å². The number of epoxide rings is 1. The second-order valence-corrected chi connectivity index (χ2v) is 8.19. The third-order valence-electron chi connectivity index (χ3n) is 5.99. The average Bonchev–Trinajstić information content (AvgIpc) is 3.59. The SMILES string of the molecule is CCC(OC)C(C)C1OC1C(O)C(C)/C=C/C=C(\C)CC(CC(CO)OC)OC.CO. The van der Waals surface area contributed by atoms with Crippen LogP contribution in [-0.4, -0.2) is 87.0 Å². The zero-order chi connectivity index (χ0) is 24.0. The molecular formula is C24H46O7. The van der Waals surface area contributed by atoms with Crippen molar-refractivity contribution in [2.45, 2.75) is 83.6 Å². The van der Waals surface area contributed by atoms with E-state index in [0.717, 1.165) is 20.0 Å². The van der Waals surface area contributed by atoms with Gasteiger partial charge in [-0.25, -0.2) is 0 Å². The van der Waals surface area contributed by atoms with Gasteiger partial charge in [-0.3, -0.25) is 0 Å². The summed E-state index contributed by atoms with van der Waals surface area (Å²) in [5, 5.41) is 26.9. The summed E-state index contributed by atoms with van der Waals surface area (Å²) in [6.45, 7) is 8.27. The van der Waals surface area contributed by atoms with Crippen molar-refractivity contribution in [2.75, 3.05) is 35.0 Å². The molecule has 1 aliphatic rings. The van der Waals surface area contributed by atoms with Crippen LogP contribution in [0.15, 0.2) is 23.8 Å². The van der Waals surface area contributed by atoms with Gasteiger partial charge >= 0.3 is 0 Å². The molecule has 31 heavy (non-hydrogen) atoms. The molecule has 0 aromatic rings. The lowest BCUT2D eigenvalue weighted by atomic mass is 9.91. The summed E-state index contributed by atoms with van der Waals surface area (Å²) in [6, 6.07) is 0. The van der Waals surface area contributed by atoms with Gasteiger partial charge in [0.2, 0.25) is 0 Å². The van der Waals surface area contributed by atoms with E-state index in [4.69, 9.17) is 24.1 Å². The van der Waals surface area contributed by atoms with E-state index in [1.807, 2.05) is 25.2 Å². The van der Waals surface area contributed by atoms with Gasteiger partial charge in [-0.15, -0.1) is 0 Å². The number of aliphatic hydroxyl groups excluding tert-OH is 3. The lowest BCUT2D eigenvalue weighted by Crippen LogP contribution is -2.30. The highest BCUT2D eigenvalue weighted by molar-refractivity contribution is 5.13. The first-order valence-electron chi connectivity index (χ1n) is 11.1. The van der Waals surface area contributed by atoms with Crippen LogP contribution in [0.3, 0.4) is 0 Å². The Kier molecular flexibility index (Phi) is 16.3. The smallest absolute Gasteiger partial charge is 0.111 e. The molecule has 0 aliphatic carbocycles. The second kappa shape index (κ2) is 16.8. The largest absolute Gasteiger partial charge is 0.400 e. The van der Waals surface area contributed by atoms with Crippen molar-refractivity contribution < 1.29 is 34.3 Å². The molecule has 0 saturated carbocycles. The van der Waals surface area contributed by atoms with E-state index in [1.54, 1.807) is 21.3 Å². The summed E-state index contributed by atoms with van der Waals surface area (Å²) < 4.78 is 22.0. The fourth-order valence-electron chi connectivity index (χ4n) is 3.84. The quantitative estimate of drug-likeness (QED) is 0.263. The van der Waals surface area contributed by atoms with Crippen molar-refractivity contribution in [3.05, 3.63) is 23.8 Å². The summed E-state index contributed by atoms with van der Waals surface area (Å²) >= 11 is 0. The van der Waals surface area contributed by atoms with Gasteiger partial charge in [-0.05, 0) is 19.8 Å². The van der Waals surface area contributed by atoms with Crippen LogP contribution < -0.4 is 0 Å². The fourth-order valence-corrected chi connectivity index (χ4v) is 3.84. The van der Waals surface area contributed by atoms with Crippen molar-refractivity contribution >= 4 is 0 Å². The first-order valence-corrected chi connectivity index (χ1v) is 11.1. The lowest BCUT2D eigenvalue weighted by Gasteiger charge is -2.20. The van der Waals surface area contributed by atoms with Crippen LogP contribution in [0, 0.1) is 11.8 Å². The molecule has 1 saturated heterocycles. The summed E-state index contributed by atoms with van der Waals surface area (Å²) in [4.78, 5) is 0. The third kappa shape index (κ3) is 10.6. The molecule has 0 aromatic carbocycles. The van der Waals surface area contributed by atoms with Gasteiger partial charge in [0.05, 0.1) is 37.1 Å². The Morgan fingerprint density at radius 3 is 2.13 bits per heavy atom. The highest BCUT2D eigenvalue weighted by Gasteiger charge is 2.50. The fraction of sp³-hybridized carbons (Fsp3) is 0.833. The van der Waals surface area contributed by atoms with Crippen LogP contribution in [0.5, 0.6) is 0 Å². The molecule has 1 heterocycles. The normalized spacial score (nSPS) is 24.7. The van der Waals surface area contributed by atoms with E-state index in [0.29, 0.717) is 6.42 Å². The predicted octanol–water partition coefficient (Wildman–Crippen LogP) is 2.73. The summed E-state index contributed by atoms with van der Waals surface area (Å²) in [5.41, 5.74) is 1.17. The Morgan fingerprint density at radius 1 is 1.03 bits per heavy atom. The molecule has 0 amide bonds. The van der Waals surface area contributed by atoms with Crippen LogP contribution in [0.1, 0.15) is 47.0 Å². The van der Waals surface area contributed by atoms with Crippen LogP contribution in [0.25, 0.3) is 0 Å². The van der Waals surface area contributed by atoms with Crippen molar-refractivity contribution in [3.8, 4) is 0 Å². The van der Waals surface area contributed by atoms with E-state index < -0.39 is 6.10 Å². The third-order valence-corrected chi connectivity index (χ3v) is 5.99. The number of hydrogen-bond acceptors (Lipinski definition) is 7. The molecule has 1 rings (SSSR count). The summed E-state index contributed by atoms with van der Waals surface area (Å²) in [5.74, 6) is 0.262. The minimum atomic E-state index is -0.527. The van der Waals surface area contributed by atoms with Gasteiger partial charge in [0.1, 0.15) is 6.10 Å². The van der Waals surface area contributed by atoms with Crippen LogP contribution in [-0.2, 0) is 18.9 Å². The molecule has 7 heteroatoms. The van der Waals surface area contributed by atoms with Gasteiger partial charge in [0.15, 0.2) is 0 Å². The summed E-state index contributed by atoms with van der Waals surface area (Å²) in [6.07, 6.45) is 7.74. The molecule has 0 spiro atoms. The number of hydrogen-bond donors (Lipinski definition) is 3. The molecule has 3 N–H and O–H groups in total. The van der Waals surface area contributed by atoms with Crippen LogP contribution in [0.4, 0.5) is 0 Å². The van der Waals surface area contributed by atoms with E-state index in [1.165, 1.54) is 5.57 Å². The Balaban J connectivity index is 0.00000436. The number of rotatable bonds is 15. The van der Waals surface area contributed by atoms with Gasteiger partial charge < -0.3 is 34.3 Å². The second-order valence-electron chi connectivity index (χ2n) is 8.19. The minimum Gasteiger partial charge on any atom is -0.400 e. The van der Waals surface area contributed by atoms with Crippen LogP contribution >= 0.6 is 0 Å². The zero-order valence-corrected chi connectivity index (χ0v) is 20.7. The molecule has 1 fully saturated rings. The maximum Gasteiger partial charge on any atom is 0.111 e. The molecule has 184 valence electrons. The lowest BCUT2D eigenvalue weighted by molar-refractivity contribution is -0.00396. The first kappa shape index (κ1) is 30.2. The highest BCUT2D eigenvalue weighted by atomic mass is 16.6. The topological polar surface area (TPSA) is 101 Å². The standard InChI is InChI=1S/C23H42O6.CH4O/c1-8-20(28-7)17(4)22-23(29-22)21(25)16(3)11-9-10-15(2)12-18(26-5)13-19(14-24)27-6;1-2/h9-11,16-25H,8,12-14H2,1-7H3;2H,1H3/b11-9+,15-10+;. The van der Waals surface area contributed by atoms with Crippen LogP contribution in [0.2, 0.25) is 0 Å². The van der Waals surface area contributed by atoms with Crippen molar-refractivity contribution in [1.82, 2.24) is 0 Å². The molecule has 8 atom stereocenters. The maximum absolute atomic E-state index is 10.6. The Morgan fingerprint density at radius 2 is 1.65 bits per heavy atom. The highest BCUT2D eigenvalue weighted by Crippen LogP contribution is 2.37. The Labute approximate surface area is 189 Å². The number of ether oxygens (including phenoxy) is 4. The zero-order valence-electron chi connectivity index (χ0n) is 20.7. The number of allylic oxidation sites excluding steroid dienone is 2. The van der Waals surface area contributed by atoms with E-state index >= 15 is 0 Å². The van der Waals surface area contributed by atoms with Crippen molar-refractivity contribution in [3.63, 3.8) is 0 Å². The maximum atomic E-state index is 10.6. The van der Waals surface area contributed by atoms with Gasteiger partial charge in [-0.1, -0.05) is 44.6 Å². The van der Waals surface area contributed by atoms with Gasteiger partial charge in [-0.2, -0.15) is 0 Å². The number of aliphatic hydroxyl groups is 3. The average molecular weight is 447 g/mol.